The maximum atomic E-state index is 12.2. The van der Waals surface area contributed by atoms with Gasteiger partial charge in [-0.05, 0) is 11.5 Å². The van der Waals surface area contributed by atoms with Crippen LogP contribution in [0.1, 0.15) is 20.3 Å². The third-order valence-corrected chi connectivity index (χ3v) is 2.41. The standard InChI is InChI=1S/C11H18F2N2O/c1-7(2)9(10(14)3-11(12)13)4-15-8-5-16-6-8/h4,7-8,11H,3,5-6,14H2,1-2H3. The van der Waals surface area contributed by atoms with Gasteiger partial charge in [0.25, 0.3) is 0 Å². The van der Waals surface area contributed by atoms with Crippen LogP contribution in [0.25, 0.3) is 0 Å². The summed E-state index contributed by atoms with van der Waals surface area (Å²) in [4.78, 5) is 4.25. The molecule has 0 atom stereocenters. The Kier molecular flexibility index (Phi) is 4.86. The second-order valence-corrected chi connectivity index (χ2v) is 4.20. The number of allylic oxidation sites excluding steroid dienone is 2. The third-order valence-electron chi connectivity index (χ3n) is 2.41. The van der Waals surface area contributed by atoms with Crippen LogP contribution in [0.2, 0.25) is 0 Å². The SMILES string of the molecule is CC(C)C(C=NC1COC1)=C(N)CC(F)F. The molecule has 0 aliphatic carbocycles. The van der Waals surface area contributed by atoms with Gasteiger partial charge in [0.1, 0.15) is 0 Å². The number of aliphatic imine (C=N–C) groups is 1. The quantitative estimate of drug-likeness (QED) is 0.737. The van der Waals surface area contributed by atoms with Gasteiger partial charge in [0.15, 0.2) is 0 Å². The van der Waals surface area contributed by atoms with Gasteiger partial charge in [-0.1, -0.05) is 13.8 Å². The summed E-state index contributed by atoms with van der Waals surface area (Å²) in [6.45, 7) is 5.04. The van der Waals surface area contributed by atoms with E-state index in [0.29, 0.717) is 18.8 Å². The van der Waals surface area contributed by atoms with Crippen molar-refractivity contribution in [1.82, 2.24) is 0 Å². The van der Waals surface area contributed by atoms with Crippen LogP contribution in [-0.4, -0.2) is 31.9 Å². The number of hydrogen-bond donors (Lipinski definition) is 1. The second kappa shape index (κ2) is 5.94. The van der Waals surface area contributed by atoms with E-state index < -0.39 is 6.43 Å². The Labute approximate surface area is 94.4 Å². The Morgan fingerprint density at radius 1 is 1.50 bits per heavy atom. The van der Waals surface area contributed by atoms with Crippen molar-refractivity contribution in [2.24, 2.45) is 16.6 Å². The Morgan fingerprint density at radius 2 is 2.12 bits per heavy atom. The Hall–Kier alpha value is -0.970. The minimum atomic E-state index is -2.41. The van der Waals surface area contributed by atoms with Gasteiger partial charge in [-0.25, -0.2) is 8.78 Å². The van der Waals surface area contributed by atoms with Crippen LogP contribution >= 0.6 is 0 Å². The van der Waals surface area contributed by atoms with Crippen molar-refractivity contribution in [3.05, 3.63) is 11.3 Å². The summed E-state index contributed by atoms with van der Waals surface area (Å²) < 4.78 is 29.4. The smallest absolute Gasteiger partial charge is 0.244 e. The van der Waals surface area contributed by atoms with Gasteiger partial charge in [-0.15, -0.1) is 0 Å². The molecule has 0 aromatic rings. The van der Waals surface area contributed by atoms with Crippen LogP contribution < -0.4 is 5.73 Å². The van der Waals surface area contributed by atoms with Crippen LogP contribution in [0.15, 0.2) is 16.3 Å². The first-order valence-electron chi connectivity index (χ1n) is 5.38. The molecule has 0 amide bonds. The minimum Gasteiger partial charge on any atom is -0.402 e. The molecule has 1 heterocycles. The summed E-state index contributed by atoms with van der Waals surface area (Å²) in [5.74, 6) is 0.100. The molecule has 0 unspecified atom stereocenters. The molecule has 0 saturated carbocycles. The summed E-state index contributed by atoms with van der Waals surface area (Å²) in [6, 6.07) is 0.160. The molecule has 1 saturated heterocycles. The topological polar surface area (TPSA) is 47.6 Å². The number of rotatable bonds is 5. The van der Waals surface area contributed by atoms with E-state index in [0.717, 1.165) is 0 Å². The number of alkyl halides is 2. The maximum absolute atomic E-state index is 12.2. The first-order chi connectivity index (χ1) is 7.50. The molecule has 5 heteroatoms. The van der Waals surface area contributed by atoms with Gasteiger partial charge in [0.05, 0.1) is 19.3 Å². The lowest BCUT2D eigenvalue weighted by Gasteiger charge is -2.22. The molecule has 1 fully saturated rings. The Bertz CT molecular complexity index is 284. The number of ether oxygens (including phenoxy) is 1. The molecule has 92 valence electrons. The average molecular weight is 232 g/mol. The molecule has 2 N–H and O–H groups in total. The van der Waals surface area contributed by atoms with Gasteiger partial charge in [-0.2, -0.15) is 0 Å². The van der Waals surface area contributed by atoms with Crippen molar-refractivity contribution in [1.29, 1.82) is 0 Å². The molecule has 1 aliphatic heterocycles. The van der Waals surface area contributed by atoms with E-state index in [4.69, 9.17) is 10.5 Å². The van der Waals surface area contributed by atoms with Crippen molar-refractivity contribution in [2.45, 2.75) is 32.7 Å². The lowest BCUT2D eigenvalue weighted by atomic mass is 10.0. The van der Waals surface area contributed by atoms with E-state index in [2.05, 4.69) is 4.99 Å². The highest BCUT2D eigenvalue weighted by Gasteiger charge is 2.17. The molecule has 0 bridgehead atoms. The molecular formula is C11H18F2N2O. The molecule has 0 spiro atoms. The largest absolute Gasteiger partial charge is 0.402 e. The summed E-state index contributed by atoms with van der Waals surface area (Å²) in [6.07, 6.45) is -1.18. The van der Waals surface area contributed by atoms with Crippen molar-refractivity contribution in [3.63, 3.8) is 0 Å². The number of hydrogen-bond acceptors (Lipinski definition) is 3. The lowest BCUT2D eigenvalue weighted by Crippen LogP contribution is -2.31. The fraction of sp³-hybridized carbons (Fsp3) is 0.727. The molecule has 1 aliphatic rings. The molecular weight excluding hydrogens is 214 g/mol. The third kappa shape index (κ3) is 3.89. The first-order valence-corrected chi connectivity index (χ1v) is 5.38. The second-order valence-electron chi connectivity index (χ2n) is 4.20. The monoisotopic (exact) mass is 232 g/mol. The van der Waals surface area contributed by atoms with E-state index in [1.807, 2.05) is 13.8 Å². The van der Waals surface area contributed by atoms with Crippen molar-refractivity contribution >= 4 is 6.21 Å². The summed E-state index contributed by atoms with van der Waals surface area (Å²) in [5, 5.41) is 0. The first kappa shape index (κ1) is 13.1. The van der Waals surface area contributed by atoms with Gasteiger partial charge in [0.2, 0.25) is 6.43 Å². The van der Waals surface area contributed by atoms with E-state index >= 15 is 0 Å². The van der Waals surface area contributed by atoms with Crippen molar-refractivity contribution in [3.8, 4) is 0 Å². The zero-order chi connectivity index (χ0) is 12.1. The highest BCUT2D eigenvalue weighted by Crippen LogP contribution is 2.16. The summed E-state index contributed by atoms with van der Waals surface area (Å²) in [5.41, 5.74) is 6.57. The molecule has 0 aromatic carbocycles. The number of halogens is 2. The molecule has 1 rings (SSSR count). The van der Waals surface area contributed by atoms with Crippen LogP contribution in [-0.2, 0) is 4.74 Å². The molecule has 3 nitrogen and oxygen atoms in total. The molecule has 16 heavy (non-hydrogen) atoms. The van der Waals surface area contributed by atoms with Crippen LogP contribution in [0.3, 0.4) is 0 Å². The average Bonchev–Trinajstić information content (AvgIpc) is 2.06. The maximum Gasteiger partial charge on any atom is 0.244 e. The lowest BCUT2D eigenvalue weighted by molar-refractivity contribution is 0.0135. The van der Waals surface area contributed by atoms with Crippen LogP contribution in [0.4, 0.5) is 8.78 Å². The van der Waals surface area contributed by atoms with Gasteiger partial charge in [0, 0.05) is 18.3 Å². The summed E-state index contributed by atoms with van der Waals surface area (Å²) in [7, 11) is 0. The zero-order valence-corrected chi connectivity index (χ0v) is 9.62. The van der Waals surface area contributed by atoms with E-state index in [-0.39, 0.29) is 24.1 Å². The fourth-order valence-electron chi connectivity index (χ4n) is 1.38. The fourth-order valence-corrected chi connectivity index (χ4v) is 1.38. The minimum absolute atomic E-state index is 0.100. The normalized spacial score (nSPS) is 19.4. The van der Waals surface area contributed by atoms with E-state index in [1.54, 1.807) is 6.21 Å². The molecule has 0 radical (unpaired) electrons. The highest BCUT2D eigenvalue weighted by molar-refractivity contribution is 5.80. The van der Waals surface area contributed by atoms with Crippen molar-refractivity contribution in [2.75, 3.05) is 13.2 Å². The van der Waals surface area contributed by atoms with Gasteiger partial charge in [-0.3, -0.25) is 4.99 Å². The van der Waals surface area contributed by atoms with Crippen LogP contribution in [0, 0.1) is 5.92 Å². The van der Waals surface area contributed by atoms with Gasteiger partial charge >= 0.3 is 0 Å². The van der Waals surface area contributed by atoms with Crippen LogP contribution in [0.5, 0.6) is 0 Å². The predicted molar refractivity (Wildman–Crippen MR) is 59.8 cm³/mol. The Balaban J connectivity index is 2.68. The number of nitrogens with zero attached hydrogens (tertiary/aromatic N) is 1. The van der Waals surface area contributed by atoms with Crippen molar-refractivity contribution < 1.29 is 13.5 Å². The highest BCUT2D eigenvalue weighted by atomic mass is 19.3. The van der Waals surface area contributed by atoms with E-state index in [1.165, 1.54) is 0 Å². The van der Waals surface area contributed by atoms with Gasteiger partial charge < -0.3 is 10.5 Å². The molecule has 0 aromatic heterocycles. The zero-order valence-electron chi connectivity index (χ0n) is 9.62. The van der Waals surface area contributed by atoms with E-state index in [9.17, 15) is 8.78 Å². The Morgan fingerprint density at radius 3 is 2.50 bits per heavy atom. The predicted octanol–water partition coefficient (Wildman–Crippen LogP) is 1.98. The summed E-state index contributed by atoms with van der Waals surface area (Å²) >= 11 is 0. The number of nitrogens with two attached hydrogens (primary N) is 1.